The minimum absolute atomic E-state index is 0.0634. The van der Waals surface area contributed by atoms with Crippen molar-refractivity contribution in [2.45, 2.75) is 6.54 Å². The van der Waals surface area contributed by atoms with Crippen molar-refractivity contribution in [3.05, 3.63) is 57.2 Å². The van der Waals surface area contributed by atoms with Crippen LogP contribution in [0.4, 0.5) is 15.8 Å². The van der Waals surface area contributed by atoms with Crippen molar-refractivity contribution < 1.29 is 9.18 Å². The van der Waals surface area contributed by atoms with Gasteiger partial charge in [-0.15, -0.1) is 0 Å². The van der Waals surface area contributed by atoms with E-state index in [0.29, 0.717) is 5.69 Å². The molecular formula is C13H11BrFN3O2. The zero-order valence-corrected chi connectivity index (χ0v) is 11.9. The number of nitrogens with zero attached hydrogens (tertiary/aromatic N) is 1. The quantitative estimate of drug-likeness (QED) is 0.897. The van der Waals surface area contributed by atoms with Crippen LogP contribution in [0.3, 0.4) is 0 Å². The zero-order chi connectivity index (χ0) is 14.7. The maximum Gasteiger partial charge on any atom is 0.265 e. The molecule has 2 aromatic rings. The molecule has 0 saturated carbocycles. The van der Waals surface area contributed by atoms with E-state index in [9.17, 15) is 14.0 Å². The lowest BCUT2D eigenvalue weighted by atomic mass is 10.3. The molecule has 0 atom stereocenters. The van der Waals surface area contributed by atoms with E-state index >= 15 is 0 Å². The van der Waals surface area contributed by atoms with Crippen LogP contribution >= 0.6 is 15.9 Å². The standard InChI is InChI=1S/C13H11BrFN3O2/c14-9-5-8(16)6-18(13(9)20)7-12(19)17-11-4-2-1-3-10(11)15/h1-6H,7,16H2,(H,17,19). The largest absolute Gasteiger partial charge is 0.398 e. The molecule has 20 heavy (non-hydrogen) atoms. The van der Waals surface area contributed by atoms with Crippen molar-refractivity contribution in [2.75, 3.05) is 11.1 Å². The lowest BCUT2D eigenvalue weighted by Crippen LogP contribution is -2.28. The number of para-hydroxylation sites is 1. The molecule has 0 unspecified atom stereocenters. The number of hydrogen-bond acceptors (Lipinski definition) is 3. The van der Waals surface area contributed by atoms with Crippen molar-refractivity contribution in [1.82, 2.24) is 4.57 Å². The van der Waals surface area contributed by atoms with Gasteiger partial charge >= 0.3 is 0 Å². The number of hydrogen-bond donors (Lipinski definition) is 2. The normalized spacial score (nSPS) is 10.3. The SMILES string of the molecule is Nc1cc(Br)c(=O)n(CC(=O)Nc2ccccc2F)c1. The third-order valence-electron chi connectivity index (χ3n) is 2.53. The maximum absolute atomic E-state index is 13.4. The molecule has 0 bridgehead atoms. The van der Waals surface area contributed by atoms with Gasteiger partial charge in [-0.1, -0.05) is 12.1 Å². The number of nitrogens with one attached hydrogen (secondary N) is 1. The predicted octanol–water partition coefficient (Wildman–Crippen LogP) is 1.97. The van der Waals surface area contributed by atoms with Gasteiger partial charge in [0.2, 0.25) is 5.91 Å². The van der Waals surface area contributed by atoms with Crippen LogP contribution in [0.25, 0.3) is 0 Å². The first-order valence-corrected chi connectivity index (χ1v) is 6.46. The van der Waals surface area contributed by atoms with Crippen LogP contribution in [-0.2, 0) is 11.3 Å². The molecule has 1 aromatic carbocycles. The van der Waals surface area contributed by atoms with Gasteiger partial charge in [-0.2, -0.15) is 0 Å². The molecular weight excluding hydrogens is 329 g/mol. The molecule has 0 saturated heterocycles. The molecule has 0 fully saturated rings. The Hall–Kier alpha value is -2.15. The summed E-state index contributed by atoms with van der Waals surface area (Å²) in [5.74, 6) is -1.06. The predicted molar refractivity (Wildman–Crippen MR) is 77.8 cm³/mol. The van der Waals surface area contributed by atoms with Gasteiger partial charge in [0.05, 0.1) is 10.2 Å². The molecule has 2 rings (SSSR count). The average Bonchev–Trinajstić information content (AvgIpc) is 2.38. The number of amides is 1. The second kappa shape index (κ2) is 5.87. The summed E-state index contributed by atoms with van der Waals surface area (Å²) in [5, 5.41) is 2.40. The van der Waals surface area contributed by atoms with E-state index in [4.69, 9.17) is 5.73 Å². The number of aromatic nitrogens is 1. The van der Waals surface area contributed by atoms with Gasteiger partial charge in [0, 0.05) is 11.9 Å². The monoisotopic (exact) mass is 339 g/mol. The molecule has 0 aliphatic carbocycles. The molecule has 7 heteroatoms. The number of carbonyl (C=O) groups is 1. The van der Waals surface area contributed by atoms with Crippen LogP contribution in [-0.4, -0.2) is 10.5 Å². The smallest absolute Gasteiger partial charge is 0.265 e. The first-order chi connectivity index (χ1) is 9.47. The van der Waals surface area contributed by atoms with Crippen molar-refractivity contribution in [3.63, 3.8) is 0 Å². The summed E-state index contributed by atoms with van der Waals surface area (Å²) in [6.07, 6.45) is 1.36. The minimum atomic E-state index is -0.540. The number of anilines is 2. The van der Waals surface area contributed by atoms with E-state index in [0.717, 1.165) is 4.57 Å². The van der Waals surface area contributed by atoms with Crippen LogP contribution in [0.1, 0.15) is 0 Å². The lowest BCUT2D eigenvalue weighted by Gasteiger charge is -2.09. The minimum Gasteiger partial charge on any atom is -0.398 e. The average molecular weight is 340 g/mol. The number of pyridine rings is 1. The summed E-state index contributed by atoms with van der Waals surface area (Å²) in [6, 6.07) is 7.24. The second-order valence-electron chi connectivity index (χ2n) is 4.08. The van der Waals surface area contributed by atoms with E-state index in [1.54, 1.807) is 6.07 Å². The van der Waals surface area contributed by atoms with Gasteiger partial charge in [0.25, 0.3) is 5.56 Å². The number of nitrogens with two attached hydrogens (primary N) is 1. The summed E-state index contributed by atoms with van der Waals surface area (Å²) in [6.45, 7) is -0.253. The highest BCUT2D eigenvalue weighted by molar-refractivity contribution is 9.10. The van der Waals surface area contributed by atoms with E-state index < -0.39 is 11.7 Å². The molecule has 1 amide bonds. The molecule has 0 aliphatic heterocycles. The number of carbonyl (C=O) groups excluding carboxylic acids is 1. The Morgan fingerprint density at radius 2 is 2.10 bits per heavy atom. The molecule has 5 nitrogen and oxygen atoms in total. The third-order valence-corrected chi connectivity index (χ3v) is 3.09. The highest BCUT2D eigenvalue weighted by atomic mass is 79.9. The first-order valence-electron chi connectivity index (χ1n) is 5.67. The fourth-order valence-corrected chi connectivity index (χ4v) is 2.14. The highest BCUT2D eigenvalue weighted by Crippen LogP contribution is 2.12. The number of nitrogen functional groups attached to an aromatic ring is 1. The van der Waals surface area contributed by atoms with E-state index in [1.807, 2.05) is 0 Å². The van der Waals surface area contributed by atoms with Crippen molar-refractivity contribution in [2.24, 2.45) is 0 Å². The van der Waals surface area contributed by atoms with Gasteiger partial charge in [0.15, 0.2) is 0 Å². The lowest BCUT2D eigenvalue weighted by molar-refractivity contribution is -0.116. The van der Waals surface area contributed by atoms with E-state index in [-0.39, 0.29) is 22.3 Å². The Kier molecular flexibility index (Phi) is 4.19. The molecule has 3 N–H and O–H groups in total. The second-order valence-corrected chi connectivity index (χ2v) is 4.94. The molecule has 104 valence electrons. The van der Waals surface area contributed by atoms with E-state index in [2.05, 4.69) is 21.2 Å². The van der Waals surface area contributed by atoms with Crippen molar-refractivity contribution in [1.29, 1.82) is 0 Å². The van der Waals surface area contributed by atoms with E-state index in [1.165, 1.54) is 30.5 Å². The molecule has 1 heterocycles. The molecule has 0 spiro atoms. The summed E-state index contributed by atoms with van der Waals surface area (Å²) >= 11 is 3.06. The number of halogens is 2. The molecule has 0 radical (unpaired) electrons. The molecule has 0 aliphatic rings. The Labute approximate surface area is 122 Å². The summed E-state index contributed by atoms with van der Waals surface area (Å²) in [4.78, 5) is 23.6. The topological polar surface area (TPSA) is 77.1 Å². The van der Waals surface area contributed by atoms with Gasteiger partial charge in [-0.05, 0) is 34.1 Å². The fourth-order valence-electron chi connectivity index (χ4n) is 1.65. The van der Waals surface area contributed by atoms with Crippen LogP contribution in [0, 0.1) is 5.82 Å². The number of rotatable bonds is 3. The van der Waals surface area contributed by atoms with Gasteiger partial charge in [0.1, 0.15) is 12.4 Å². The fraction of sp³-hybridized carbons (Fsp3) is 0.0769. The summed E-state index contributed by atoms with van der Waals surface area (Å²) in [7, 11) is 0. The zero-order valence-electron chi connectivity index (χ0n) is 10.3. The van der Waals surface area contributed by atoms with Crippen molar-refractivity contribution >= 4 is 33.2 Å². The maximum atomic E-state index is 13.4. The van der Waals surface area contributed by atoms with Crippen LogP contribution < -0.4 is 16.6 Å². The Morgan fingerprint density at radius 3 is 2.80 bits per heavy atom. The van der Waals surface area contributed by atoms with Crippen LogP contribution in [0.5, 0.6) is 0 Å². The summed E-state index contributed by atoms with van der Waals surface area (Å²) in [5.41, 5.74) is 5.62. The molecule has 1 aromatic heterocycles. The highest BCUT2D eigenvalue weighted by Gasteiger charge is 2.10. The van der Waals surface area contributed by atoms with Gasteiger partial charge in [-0.25, -0.2) is 4.39 Å². The van der Waals surface area contributed by atoms with Gasteiger partial charge in [-0.3, -0.25) is 9.59 Å². The Morgan fingerprint density at radius 1 is 1.40 bits per heavy atom. The van der Waals surface area contributed by atoms with Crippen LogP contribution in [0.15, 0.2) is 45.8 Å². The Bertz CT molecular complexity index is 715. The third kappa shape index (κ3) is 3.24. The van der Waals surface area contributed by atoms with Crippen LogP contribution in [0.2, 0.25) is 0 Å². The number of benzene rings is 1. The van der Waals surface area contributed by atoms with Gasteiger partial charge < -0.3 is 15.6 Å². The first kappa shape index (κ1) is 14.3. The van der Waals surface area contributed by atoms with Crippen molar-refractivity contribution in [3.8, 4) is 0 Å². The Balaban J connectivity index is 2.17. The summed E-state index contributed by atoms with van der Waals surface area (Å²) < 4.78 is 14.8.